The monoisotopic (exact) mass is 294 g/mol. The molecule has 6 nitrogen and oxygen atoms in total. The van der Waals surface area contributed by atoms with Crippen LogP contribution in [-0.4, -0.2) is 39.9 Å². The van der Waals surface area contributed by atoms with E-state index in [2.05, 4.69) is 16.6 Å². The number of halogens is 2. The van der Waals surface area contributed by atoms with E-state index in [9.17, 15) is 14.0 Å². The predicted molar refractivity (Wildman–Crippen MR) is 68.3 cm³/mol. The lowest BCUT2D eigenvalue weighted by atomic mass is 10.2. The van der Waals surface area contributed by atoms with Gasteiger partial charge in [-0.3, -0.25) is 14.3 Å². The van der Waals surface area contributed by atoms with Crippen LogP contribution in [0.15, 0.2) is 15.8 Å². The third-order valence-electron chi connectivity index (χ3n) is 2.75. The molecule has 2 unspecified atom stereocenters. The predicted octanol–water partition coefficient (Wildman–Crippen LogP) is 0.318. The van der Waals surface area contributed by atoms with Crippen LogP contribution in [-0.2, 0) is 4.74 Å². The van der Waals surface area contributed by atoms with Crippen molar-refractivity contribution in [3.8, 4) is 0 Å². The number of aromatic amines is 1. The van der Waals surface area contributed by atoms with Crippen molar-refractivity contribution in [3.63, 3.8) is 0 Å². The molecular weight excluding hydrogens is 279 g/mol. The van der Waals surface area contributed by atoms with E-state index in [1.807, 2.05) is 0 Å². The fourth-order valence-corrected chi connectivity index (χ4v) is 1.84. The number of H-pyrrole nitrogens is 1. The van der Waals surface area contributed by atoms with Gasteiger partial charge >= 0.3 is 5.69 Å². The maximum atomic E-state index is 13.6. The lowest BCUT2D eigenvalue weighted by Crippen LogP contribution is -2.35. The second kappa shape index (κ2) is 6.83. The first-order valence-corrected chi connectivity index (χ1v) is 6.38. The van der Waals surface area contributed by atoms with Gasteiger partial charge in [0.1, 0.15) is 6.17 Å². The number of aromatic nitrogens is 2. The summed E-state index contributed by atoms with van der Waals surface area (Å²) in [4.78, 5) is 24.8. The summed E-state index contributed by atoms with van der Waals surface area (Å²) in [6.45, 7) is 1.22. The standard InChI is InChI=1S/C10H13FN2O4.CH3Cl/c1-5-3-13(10(16)12-8(5)15)9-7(11)2-6(4-14)17-9;1-2/h3,6-7,9,14H,2,4H2,1H3,(H,12,15,16);1H3/t6?,7-,9?;/m0./s1. The topological polar surface area (TPSA) is 84.3 Å². The molecule has 0 bridgehead atoms. The number of nitrogens with one attached hydrogen (secondary N) is 1. The summed E-state index contributed by atoms with van der Waals surface area (Å²) in [5.41, 5.74) is -0.918. The van der Waals surface area contributed by atoms with E-state index in [4.69, 9.17) is 9.84 Å². The highest BCUT2D eigenvalue weighted by Crippen LogP contribution is 2.29. The SMILES string of the molecule is CCl.Cc1cn(C2OC(CO)C[C@@H]2F)c(=O)[nH]c1=O. The van der Waals surface area contributed by atoms with Gasteiger partial charge in [0.05, 0.1) is 12.7 Å². The van der Waals surface area contributed by atoms with E-state index in [1.165, 1.54) is 19.5 Å². The maximum Gasteiger partial charge on any atom is 0.330 e. The summed E-state index contributed by atoms with van der Waals surface area (Å²) in [5, 5.41) is 8.88. The van der Waals surface area contributed by atoms with E-state index >= 15 is 0 Å². The Labute approximate surface area is 113 Å². The third kappa shape index (κ3) is 3.43. The Morgan fingerprint density at radius 1 is 1.58 bits per heavy atom. The quantitative estimate of drug-likeness (QED) is 0.769. The van der Waals surface area contributed by atoms with Crippen LogP contribution >= 0.6 is 11.6 Å². The Balaban J connectivity index is 0.000000861. The van der Waals surface area contributed by atoms with Crippen LogP contribution in [0.3, 0.4) is 0 Å². The van der Waals surface area contributed by atoms with Crippen LogP contribution in [0, 0.1) is 6.92 Å². The second-order valence-corrected chi connectivity index (χ2v) is 4.06. The smallest absolute Gasteiger partial charge is 0.330 e. The Bertz CT molecular complexity index is 530. The minimum Gasteiger partial charge on any atom is -0.394 e. The summed E-state index contributed by atoms with van der Waals surface area (Å²) in [7, 11) is 0. The largest absolute Gasteiger partial charge is 0.394 e. The molecule has 19 heavy (non-hydrogen) atoms. The molecule has 1 aromatic rings. The zero-order valence-electron chi connectivity index (χ0n) is 10.6. The molecule has 2 rings (SSSR count). The normalized spacial score (nSPS) is 25.8. The molecule has 3 atom stereocenters. The number of aliphatic hydroxyl groups excluding tert-OH is 1. The number of rotatable bonds is 2. The maximum absolute atomic E-state index is 13.6. The second-order valence-electron chi connectivity index (χ2n) is 4.06. The number of ether oxygens (including phenoxy) is 1. The molecule has 1 aromatic heterocycles. The molecular formula is C11H16ClFN2O4. The molecule has 108 valence electrons. The van der Waals surface area contributed by atoms with E-state index in [1.54, 1.807) is 0 Å². The number of hydrogen-bond acceptors (Lipinski definition) is 4. The summed E-state index contributed by atoms with van der Waals surface area (Å²) in [6, 6.07) is 0. The fourth-order valence-electron chi connectivity index (χ4n) is 1.84. The van der Waals surface area contributed by atoms with Crippen molar-refractivity contribution in [2.45, 2.75) is 31.8 Å². The summed E-state index contributed by atoms with van der Waals surface area (Å²) < 4.78 is 19.8. The number of aryl methyl sites for hydroxylation is 1. The van der Waals surface area contributed by atoms with Crippen LogP contribution in [0.25, 0.3) is 0 Å². The lowest BCUT2D eigenvalue weighted by molar-refractivity contribution is -0.0395. The molecule has 1 aliphatic rings. The number of hydrogen-bond donors (Lipinski definition) is 2. The van der Waals surface area contributed by atoms with Crippen molar-refractivity contribution in [3.05, 3.63) is 32.6 Å². The van der Waals surface area contributed by atoms with E-state index in [-0.39, 0.29) is 13.0 Å². The molecule has 0 radical (unpaired) electrons. The van der Waals surface area contributed by atoms with Gasteiger partial charge < -0.3 is 9.84 Å². The zero-order chi connectivity index (χ0) is 14.6. The summed E-state index contributed by atoms with van der Waals surface area (Å²) in [6.07, 6.45) is -0.316. The minimum absolute atomic E-state index is 0.0335. The molecule has 0 saturated carbocycles. The van der Waals surface area contributed by atoms with Crippen LogP contribution in [0.1, 0.15) is 18.2 Å². The molecule has 2 heterocycles. The summed E-state index contributed by atoms with van der Waals surface area (Å²) >= 11 is 4.64. The van der Waals surface area contributed by atoms with Gasteiger partial charge in [-0.25, -0.2) is 9.18 Å². The molecule has 0 aliphatic carbocycles. The van der Waals surface area contributed by atoms with Crippen molar-refractivity contribution in [1.82, 2.24) is 9.55 Å². The number of nitrogens with zero attached hydrogens (tertiary/aromatic N) is 1. The molecule has 1 saturated heterocycles. The van der Waals surface area contributed by atoms with Crippen LogP contribution in [0.4, 0.5) is 4.39 Å². The van der Waals surface area contributed by atoms with Gasteiger partial charge in [-0.15, -0.1) is 11.6 Å². The Morgan fingerprint density at radius 3 is 2.74 bits per heavy atom. The Morgan fingerprint density at radius 2 is 2.21 bits per heavy atom. The van der Waals surface area contributed by atoms with Crippen molar-refractivity contribution in [2.24, 2.45) is 0 Å². The van der Waals surface area contributed by atoms with Crippen molar-refractivity contribution >= 4 is 11.6 Å². The van der Waals surface area contributed by atoms with Gasteiger partial charge in [-0.1, -0.05) is 0 Å². The first-order chi connectivity index (χ1) is 9.02. The van der Waals surface area contributed by atoms with Gasteiger partial charge in [-0.05, 0) is 6.92 Å². The van der Waals surface area contributed by atoms with Gasteiger partial charge in [0.2, 0.25) is 0 Å². The first kappa shape index (κ1) is 15.9. The van der Waals surface area contributed by atoms with Crippen molar-refractivity contribution in [1.29, 1.82) is 0 Å². The van der Waals surface area contributed by atoms with Gasteiger partial charge in [0.15, 0.2) is 6.23 Å². The Kier molecular flexibility index (Phi) is 5.71. The molecule has 1 fully saturated rings. The Hall–Kier alpha value is -1.18. The molecule has 1 aliphatic heterocycles. The highest BCUT2D eigenvalue weighted by atomic mass is 35.5. The van der Waals surface area contributed by atoms with Gasteiger partial charge in [0.25, 0.3) is 5.56 Å². The fraction of sp³-hybridized carbons (Fsp3) is 0.636. The van der Waals surface area contributed by atoms with Gasteiger partial charge in [-0.2, -0.15) is 0 Å². The molecule has 0 aromatic carbocycles. The van der Waals surface area contributed by atoms with Crippen LogP contribution in [0.5, 0.6) is 0 Å². The van der Waals surface area contributed by atoms with Crippen molar-refractivity contribution < 1.29 is 14.2 Å². The first-order valence-electron chi connectivity index (χ1n) is 5.63. The summed E-state index contributed by atoms with van der Waals surface area (Å²) in [5.74, 6) is 0. The highest BCUT2D eigenvalue weighted by molar-refractivity contribution is 6.15. The average molecular weight is 295 g/mol. The number of aliphatic hydroxyl groups is 1. The molecule has 0 amide bonds. The molecule has 2 N–H and O–H groups in total. The third-order valence-corrected chi connectivity index (χ3v) is 2.75. The lowest BCUT2D eigenvalue weighted by Gasteiger charge is -2.16. The molecule has 0 spiro atoms. The highest BCUT2D eigenvalue weighted by Gasteiger charge is 2.36. The number of alkyl halides is 2. The van der Waals surface area contributed by atoms with E-state index < -0.39 is 29.8 Å². The molecule has 8 heteroatoms. The van der Waals surface area contributed by atoms with E-state index in [0.717, 1.165) is 4.57 Å². The van der Waals surface area contributed by atoms with Crippen LogP contribution < -0.4 is 11.2 Å². The minimum atomic E-state index is -1.38. The average Bonchev–Trinajstić information content (AvgIpc) is 2.77. The van der Waals surface area contributed by atoms with Gasteiger partial charge in [0, 0.05) is 24.6 Å². The van der Waals surface area contributed by atoms with Crippen molar-refractivity contribution in [2.75, 3.05) is 13.0 Å². The zero-order valence-corrected chi connectivity index (χ0v) is 11.4. The van der Waals surface area contributed by atoms with Crippen LogP contribution in [0.2, 0.25) is 0 Å². The van der Waals surface area contributed by atoms with E-state index in [0.29, 0.717) is 5.56 Å².